The Labute approximate surface area is 146 Å². The van der Waals surface area contributed by atoms with Gasteiger partial charge in [0, 0.05) is 11.6 Å². The minimum Gasteiger partial charge on any atom is -0.326 e. The number of carbonyl (C=O) groups is 1. The maximum Gasteiger partial charge on any atom is 0.228 e. The second-order valence-electron chi connectivity index (χ2n) is 7.34. The lowest BCUT2D eigenvalue weighted by Gasteiger charge is -2.09. The Morgan fingerprint density at radius 3 is 2.12 bits per heavy atom. The Kier molecular flexibility index (Phi) is 5.55. The van der Waals surface area contributed by atoms with E-state index in [1.54, 1.807) is 0 Å². The summed E-state index contributed by atoms with van der Waals surface area (Å²) >= 11 is 0. The third-order valence-corrected chi connectivity index (χ3v) is 5.45. The third kappa shape index (κ3) is 4.17. The first kappa shape index (κ1) is 17.0. The lowest BCUT2D eigenvalue weighted by molar-refractivity contribution is -0.117. The van der Waals surface area contributed by atoms with Crippen LogP contribution in [0.25, 0.3) is 0 Å². The quantitative estimate of drug-likeness (QED) is 0.708. The first-order valence-electron chi connectivity index (χ1n) is 9.35. The molecule has 0 aromatic heterocycles. The van der Waals surface area contributed by atoms with Crippen LogP contribution in [0.2, 0.25) is 0 Å². The molecule has 2 aliphatic rings. The number of allylic oxidation sites excluding steroid dienone is 4. The summed E-state index contributed by atoms with van der Waals surface area (Å²) in [6, 6.07) is 6.25. The van der Waals surface area contributed by atoms with Gasteiger partial charge in [-0.3, -0.25) is 4.79 Å². The molecule has 2 nitrogen and oxygen atoms in total. The molecule has 3 rings (SSSR count). The highest BCUT2D eigenvalue weighted by atomic mass is 16.2. The van der Waals surface area contributed by atoms with Crippen molar-refractivity contribution in [3.63, 3.8) is 0 Å². The summed E-state index contributed by atoms with van der Waals surface area (Å²) in [6.07, 6.45) is 16.0. The predicted molar refractivity (Wildman–Crippen MR) is 101 cm³/mol. The summed E-state index contributed by atoms with van der Waals surface area (Å²) in [5.74, 6) is 1.55. The minimum absolute atomic E-state index is 0.201. The van der Waals surface area contributed by atoms with Gasteiger partial charge in [-0.15, -0.1) is 0 Å². The fourth-order valence-corrected chi connectivity index (χ4v) is 3.95. The van der Waals surface area contributed by atoms with Gasteiger partial charge in [-0.25, -0.2) is 0 Å². The van der Waals surface area contributed by atoms with E-state index in [1.165, 1.54) is 5.56 Å². The second kappa shape index (κ2) is 7.83. The molecule has 0 saturated heterocycles. The van der Waals surface area contributed by atoms with Crippen LogP contribution in [0.1, 0.15) is 49.7 Å². The number of aryl methyl sites for hydroxylation is 2. The molecule has 1 saturated carbocycles. The van der Waals surface area contributed by atoms with E-state index in [2.05, 4.69) is 61.7 Å². The summed E-state index contributed by atoms with van der Waals surface area (Å²) in [7, 11) is 0. The van der Waals surface area contributed by atoms with E-state index < -0.39 is 0 Å². The van der Waals surface area contributed by atoms with E-state index in [4.69, 9.17) is 0 Å². The molecule has 2 aliphatic carbocycles. The van der Waals surface area contributed by atoms with Crippen LogP contribution in [0.4, 0.5) is 5.69 Å². The van der Waals surface area contributed by atoms with Crippen LogP contribution >= 0.6 is 0 Å². The number of rotatable bonds is 2. The highest BCUT2D eigenvalue weighted by Crippen LogP contribution is 2.52. The van der Waals surface area contributed by atoms with Crippen molar-refractivity contribution in [3.05, 3.63) is 53.6 Å². The summed E-state index contributed by atoms with van der Waals surface area (Å²) in [6.45, 7) is 4.12. The van der Waals surface area contributed by atoms with E-state index in [1.807, 2.05) is 0 Å². The van der Waals surface area contributed by atoms with Crippen LogP contribution in [0.3, 0.4) is 0 Å². The molecule has 2 heteroatoms. The fraction of sp³-hybridized carbons (Fsp3) is 0.500. The molecule has 3 atom stereocenters. The van der Waals surface area contributed by atoms with Crippen LogP contribution in [-0.2, 0) is 4.79 Å². The van der Waals surface area contributed by atoms with E-state index in [9.17, 15) is 4.79 Å². The number of anilines is 1. The monoisotopic (exact) mass is 323 g/mol. The third-order valence-electron chi connectivity index (χ3n) is 5.45. The fourth-order valence-electron chi connectivity index (χ4n) is 3.95. The van der Waals surface area contributed by atoms with Crippen molar-refractivity contribution in [1.29, 1.82) is 0 Å². The standard InChI is InChI=1S/C22H29NO/c1-16-13-14-17(2)20(15-16)23-22(24)21-18-11-9-7-5-3-4-6-8-10-12-19(18)21/h5-8,13-15,18-19,21H,3-4,9-12H2,1-2H3,(H,23,24)/b7-5-,8-6+/t18-,19-,21?/m0/s1. The molecule has 1 aromatic carbocycles. The molecule has 0 aliphatic heterocycles. The number of amides is 1. The van der Waals surface area contributed by atoms with Crippen molar-refractivity contribution in [1.82, 2.24) is 0 Å². The summed E-state index contributed by atoms with van der Waals surface area (Å²) in [5, 5.41) is 3.19. The van der Waals surface area contributed by atoms with Crippen LogP contribution < -0.4 is 5.32 Å². The molecule has 128 valence electrons. The van der Waals surface area contributed by atoms with Crippen LogP contribution in [0, 0.1) is 31.6 Å². The second-order valence-corrected chi connectivity index (χ2v) is 7.34. The number of nitrogens with one attached hydrogen (secondary N) is 1. The zero-order valence-electron chi connectivity index (χ0n) is 14.9. The Morgan fingerprint density at radius 2 is 1.50 bits per heavy atom. The van der Waals surface area contributed by atoms with Crippen molar-refractivity contribution >= 4 is 11.6 Å². The maximum atomic E-state index is 12.8. The van der Waals surface area contributed by atoms with Gasteiger partial charge >= 0.3 is 0 Å². The molecule has 0 radical (unpaired) electrons. The van der Waals surface area contributed by atoms with Crippen molar-refractivity contribution in [2.24, 2.45) is 17.8 Å². The average Bonchev–Trinajstić information content (AvgIpc) is 3.23. The first-order chi connectivity index (χ1) is 11.7. The number of hydrogen-bond donors (Lipinski definition) is 1. The zero-order valence-corrected chi connectivity index (χ0v) is 14.9. The smallest absolute Gasteiger partial charge is 0.228 e. The molecular weight excluding hydrogens is 294 g/mol. The first-order valence-corrected chi connectivity index (χ1v) is 9.35. The molecular formula is C22H29NO. The normalized spacial score (nSPS) is 29.5. The van der Waals surface area contributed by atoms with Crippen LogP contribution in [0.5, 0.6) is 0 Å². The molecule has 0 spiro atoms. The molecule has 0 heterocycles. The van der Waals surface area contributed by atoms with Crippen LogP contribution in [0.15, 0.2) is 42.5 Å². The van der Waals surface area contributed by atoms with Gasteiger partial charge < -0.3 is 5.32 Å². The lowest BCUT2D eigenvalue weighted by atomic mass is 10.1. The molecule has 1 fully saturated rings. The van der Waals surface area contributed by atoms with Crippen molar-refractivity contribution in [2.45, 2.75) is 52.4 Å². The Hall–Kier alpha value is -1.83. The highest BCUT2D eigenvalue weighted by Gasteiger charge is 2.52. The van der Waals surface area contributed by atoms with Gasteiger partial charge in [0.15, 0.2) is 0 Å². The van der Waals surface area contributed by atoms with E-state index in [-0.39, 0.29) is 11.8 Å². The number of benzene rings is 1. The largest absolute Gasteiger partial charge is 0.326 e. The Balaban J connectivity index is 1.65. The van der Waals surface area contributed by atoms with Crippen molar-refractivity contribution in [2.75, 3.05) is 5.32 Å². The highest BCUT2D eigenvalue weighted by molar-refractivity contribution is 5.95. The van der Waals surface area contributed by atoms with Crippen molar-refractivity contribution in [3.8, 4) is 0 Å². The Bertz CT molecular complexity index is 619. The van der Waals surface area contributed by atoms with E-state index >= 15 is 0 Å². The van der Waals surface area contributed by atoms with Gasteiger partial charge in [0.05, 0.1) is 0 Å². The lowest BCUT2D eigenvalue weighted by Crippen LogP contribution is -2.16. The molecule has 0 bridgehead atoms. The van der Waals surface area contributed by atoms with Gasteiger partial charge in [0.1, 0.15) is 0 Å². The Morgan fingerprint density at radius 1 is 0.917 bits per heavy atom. The van der Waals surface area contributed by atoms with E-state index in [0.29, 0.717) is 11.8 Å². The summed E-state index contributed by atoms with van der Waals surface area (Å²) in [4.78, 5) is 12.8. The van der Waals surface area contributed by atoms with Gasteiger partial charge in [-0.2, -0.15) is 0 Å². The van der Waals surface area contributed by atoms with Gasteiger partial charge in [-0.05, 0) is 81.4 Å². The number of fused-ring (bicyclic) bond motifs is 1. The van der Waals surface area contributed by atoms with E-state index in [0.717, 1.165) is 49.8 Å². The molecule has 1 unspecified atom stereocenters. The van der Waals surface area contributed by atoms with Crippen molar-refractivity contribution < 1.29 is 4.79 Å². The number of carbonyl (C=O) groups excluding carboxylic acids is 1. The average molecular weight is 323 g/mol. The molecule has 24 heavy (non-hydrogen) atoms. The summed E-state index contributed by atoms with van der Waals surface area (Å²) < 4.78 is 0. The van der Waals surface area contributed by atoms with Gasteiger partial charge in [-0.1, -0.05) is 36.4 Å². The van der Waals surface area contributed by atoms with Gasteiger partial charge in [0.2, 0.25) is 5.91 Å². The number of hydrogen-bond acceptors (Lipinski definition) is 1. The molecule has 1 amide bonds. The summed E-state index contributed by atoms with van der Waals surface area (Å²) in [5.41, 5.74) is 3.30. The molecule has 1 aromatic rings. The maximum absolute atomic E-state index is 12.8. The van der Waals surface area contributed by atoms with Crippen LogP contribution in [-0.4, -0.2) is 5.91 Å². The predicted octanol–water partition coefficient (Wildman–Crippen LogP) is 5.57. The zero-order chi connectivity index (χ0) is 16.9. The minimum atomic E-state index is 0.201. The van der Waals surface area contributed by atoms with Gasteiger partial charge in [0.25, 0.3) is 0 Å². The SMILES string of the molecule is Cc1ccc(C)c(NC(=O)C2[C@H]3CC/C=C\CC/C=C/CC[C@H]23)c1. The molecule has 1 N–H and O–H groups in total. The topological polar surface area (TPSA) is 29.1 Å².